The lowest BCUT2D eigenvalue weighted by Crippen LogP contribution is -2.24. The Morgan fingerprint density at radius 2 is 2.12 bits per heavy atom. The third kappa shape index (κ3) is 1.78. The molecule has 0 spiro atoms. The molecule has 1 fully saturated rings. The predicted molar refractivity (Wildman–Crippen MR) is 71.5 cm³/mol. The van der Waals surface area contributed by atoms with Gasteiger partial charge in [-0.1, -0.05) is 18.2 Å². The Labute approximate surface area is 105 Å². The van der Waals surface area contributed by atoms with E-state index >= 15 is 0 Å². The number of nitrogens with zero attached hydrogens (tertiary/aromatic N) is 2. The number of fused-ring (bicyclic) bond motifs is 1. The summed E-state index contributed by atoms with van der Waals surface area (Å²) in [5.74, 6) is 0.128. The SMILES string of the molecule is O=C1CC(S)CN1c1cccc2cccnc12. The summed E-state index contributed by atoms with van der Waals surface area (Å²) in [7, 11) is 0. The minimum Gasteiger partial charge on any atom is -0.309 e. The third-order valence-corrected chi connectivity index (χ3v) is 3.35. The highest BCUT2D eigenvalue weighted by molar-refractivity contribution is 7.81. The molecule has 3 nitrogen and oxygen atoms in total. The van der Waals surface area contributed by atoms with E-state index in [0.717, 1.165) is 16.6 Å². The second-order valence-electron chi connectivity index (χ2n) is 4.21. The molecule has 1 aromatic heterocycles. The average molecular weight is 244 g/mol. The number of carbonyl (C=O) groups is 1. The number of para-hydroxylation sites is 1. The summed E-state index contributed by atoms with van der Waals surface area (Å²) in [5.41, 5.74) is 1.77. The first-order chi connectivity index (χ1) is 8.25. The molecule has 1 aliphatic rings. The number of benzene rings is 1. The van der Waals surface area contributed by atoms with E-state index in [4.69, 9.17) is 0 Å². The fourth-order valence-electron chi connectivity index (χ4n) is 2.23. The minimum absolute atomic E-state index is 0.126. The van der Waals surface area contributed by atoms with Crippen LogP contribution >= 0.6 is 12.6 Å². The van der Waals surface area contributed by atoms with Gasteiger partial charge in [0.1, 0.15) is 0 Å². The molecular formula is C13H12N2OS. The number of aromatic nitrogens is 1. The van der Waals surface area contributed by atoms with Gasteiger partial charge in [0.25, 0.3) is 0 Å². The van der Waals surface area contributed by atoms with E-state index in [1.807, 2.05) is 30.3 Å². The van der Waals surface area contributed by atoms with E-state index in [0.29, 0.717) is 13.0 Å². The first-order valence-corrected chi connectivity index (χ1v) is 6.09. The summed E-state index contributed by atoms with van der Waals surface area (Å²) in [4.78, 5) is 18.0. The van der Waals surface area contributed by atoms with Crippen molar-refractivity contribution >= 4 is 35.1 Å². The van der Waals surface area contributed by atoms with Gasteiger partial charge in [0, 0.05) is 29.8 Å². The van der Waals surface area contributed by atoms with Crippen molar-refractivity contribution in [2.45, 2.75) is 11.7 Å². The van der Waals surface area contributed by atoms with Crippen molar-refractivity contribution in [2.75, 3.05) is 11.4 Å². The molecule has 0 N–H and O–H groups in total. The zero-order valence-electron chi connectivity index (χ0n) is 9.21. The Morgan fingerprint density at radius 1 is 1.29 bits per heavy atom. The van der Waals surface area contributed by atoms with Crippen molar-refractivity contribution in [1.29, 1.82) is 0 Å². The Hall–Kier alpha value is -1.55. The first kappa shape index (κ1) is 10.6. The molecule has 1 amide bonds. The molecule has 0 bridgehead atoms. The number of carbonyl (C=O) groups excluding carboxylic acids is 1. The summed E-state index contributed by atoms with van der Waals surface area (Å²) in [6, 6.07) is 9.81. The third-order valence-electron chi connectivity index (χ3n) is 3.01. The second kappa shape index (κ2) is 4.04. The number of thiol groups is 1. The van der Waals surface area contributed by atoms with Crippen molar-refractivity contribution in [1.82, 2.24) is 4.98 Å². The molecule has 1 atom stereocenters. The van der Waals surface area contributed by atoms with Gasteiger partial charge in [-0.25, -0.2) is 0 Å². The Bertz CT molecular complexity index is 579. The van der Waals surface area contributed by atoms with Crippen molar-refractivity contribution in [2.24, 2.45) is 0 Å². The summed E-state index contributed by atoms with van der Waals surface area (Å²) < 4.78 is 0. The highest BCUT2D eigenvalue weighted by atomic mass is 32.1. The quantitative estimate of drug-likeness (QED) is 0.781. The number of hydrogen-bond acceptors (Lipinski definition) is 3. The van der Waals surface area contributed by atoms with Crippen molar-refractivity contribution in [3.05, 3.63) is 36.5 Å². The van der Waals surface area contributed by atoms with E-state index in [2.05, 4.69) is 17.6 Å². The molecule has 17 heavy (non-hydrogen) atoms. The maximum Gasteiger partial charge on any atom is 0.228 e. The number of hydrogen-bond donors (Lipinski definition) is 1. The fraction of sp³-hybridized carbons (Fsp3) is 0.231. The van der Waals surface area contributed by atoms with Gasteiger partial charge in [-0.3, -0.25) is 9.78 Å². The van der Waals surface area contributed by atoms with Crippen LogP contribution in [0.2, 0.25) is 0 Å². The largest absolute Gasteiger partial charge is 0.309 e. The van der Waals surface area contributed by atoms with Crippen molar-refractivity contribution < 1.29 is 4.79 Å². The van der Waals surface area contributed by atoms with Crippen LogP contribution < -0.4 is 4.90 Å². The van der Waals surface area contributed by atoms with Gasteiger partial charge in [-0.05, 0) is 12.1 Å². The molecular weight excluding hydrogens is 232 g/mol. The van der Waals surface area contributed by atoms with Gasteiger partial charge in [-0.2, -0.15) is 12.6 Å². The highest BCUT2D eigenvalue weighted by Gasteiger charge is 2.29. The van der Waals surface area contributed by atoms with Crippen LogP contribution in [0.15, 0.2) is 36.5 Å². The van der Waals surface area contributed by atoms with Crippen LogP contribution in [-0.2, 0) is 4.79 Å². The fourth-order valence-corrected chi connectivity index (χ4v) is 2.55. The predicted octanol–water partition coefficient (Wildman–Crippen LogP) is 2.27. The standard InChI is InChI=1S/C13H12N2OS/c16-12-7-10(17)8-15(12)11-5-1-3-9-4-2-6-14-13(9)11/h1-6,10,17H,7-8H2. The Morgan fingerprint density at radius 3 is 2.88 bits per heavy atom. The number of anilines is 1. The number of pyridine rings is 1. The van der Waals surface area contributed by atoms with Crippen LogP contribution in [0, 0.1) is 0 Å². The molecule has 0 saturated carbocycles. The summed E-state index contributed by atoms with van der Waals surface area (Å²) >= 11 is 4.37. The highest BCUT2D eigenvalue weighted by Crippen LogP contribution is 2.29. The number of amides is 1. The van der Waals surface area contributed by atoms with Crippen LogP contribution in [0.25, 0.3) is 10.9 Å². The van der Waals surface area contributed by atoms with Crippen molar-refractivity contribution in [3.8, 4) is 0 Å². The van der Waals surface area contributed by atoms with Crippen LogP contribution in [0.4, 0.5) is 5.69 Å². The van der Waals surface area contributed by atoms with E-state index in [9.17, 15) is 4.79 Å². The van der Waals surface area contributed by atoms with Gasteiger partial charge in [-0.15, -0.1) is 0 Å². The van der Waals surface area contributed by atoms with Gasteiger partial charge >= 0.3 is 0 Å². The summed E-state index contributed by atoms with van der Waals surface area (Å²) in [6.45, 7) is 0.664. The van der Waals surface area contributed by atoms with Gasteiger partial charge in [0.15, 0.2) is 0 Å². The number of rotatable bonds is 1. The molecule has 4 heteroatoms. The second-order valence-corrected chi connectivity index (χ2v) is 4.94. The van der Waals surface area contributed by atoms with Gasteiger partial charge in [0.05, 0.1) is 11.2 Å². The van der Waals surface area contributed by atoms with Crippen LogP contribution in [0.5, 0.6) is 0 Å². The monoisotopic (exact) mass is 244 g/mol. The average Bonchev–Trinajstić information content (AvgIpc) is 2.68. The minimum atomic E-state index is 0.126. The molecule has 0 aliphatic carbocycles. The van der Waals surface area contributed by atoms with E-state index in [1.54, 1.807) is 11.1 Å². The van der Waals surface area contributed by atoms with Crippen molar-refractivity contribution in [3.63, 3.8) is 0 Å². The van der Waals surface area contributed by atoms with Crippen LogP contribution in [0.3, 0.4) is 0 Å². The topological polar surface area (TPSA) is 33.2 Å². The van der Waals surface area contributed by atoms with Gasteiger partial charge in [0.2, 0.25) is 5.91 Å². The van der Waals surface area contributed by atoms with Crippen LogP contribution in [-0.4, -0.2) is 22.7 Å². The molecule has 86 valence electrons. The maximum absolute atomic E-state index is 11.9. The summed E-state index contributed by atoms with van der Waals surface area (Å²) in [5, 5.41) is 1.18. The van der Waals surface area contributed by atoms with E-state index in [-0.39, 0.29) is 11.2 Å². The molecule has 2 heterocycles. The molecule has 2 aromatic rings. The smallest absolute Gasteiger partial charge is 0.228 e. The molecule has 1 aromatic carbocycles. The van der Waals surface area contributed by atoms with Crippen LogP contribution in [0.1, 0.15) is 6.42 Å². The lowest BCUT2D eigenvalue weighted by atomic mass is 10.2. The molecule has 3 rings (SSSR count). The maximum atomic E-state index is 11.9. The van der Waals surface area contributed by atoms with Gasteiger partial charge < -0.3 is 4.90 Å². The lowest BCUT2D eigenvalue weighted by Gasteiger charge is -2.17. The molecule has 1 aliphatic heterocycles. The van der Waals surface area contributed by atoms with E-state index < -0.39 is 0 Å². The molecule has 0 radical (unpaired) electrons. The summed E-state index contributed by atoms with van der Waals surface area (Å²) in [6.07, 6.45) is 2.26. The zero-order valence-corrected chi connectivity index (χ0v) is 10.1. The Kier molecular flexibility index (Phi) is 2.52. The zero-order chi connectivity index (χ0) is 11.8. The molecule has 1 saturated heterocycles. The molecule has 1 unspecified atom stereocenters. The first-order valence-electron chi connectivity index (χ1n) is 5.58. The normalized spacial score (nSPS) is 20.2. The van der Waals surface area contributed by atoms with E-state index in [1.165, 1.54) is 0 Å². The Balaban J connectivity index is 2.14. The lowest BCUT2D eigenvalue weighted by molar-refractivity contribution is -0.117.